The van der Waals surface area contributed by atoms with Gasteiger partial charge in [0.25, 0.3) is 0 Å². The van der Waals surface area contributed by atoms with Crippen LogP contribution in [0.25, 0.3) is 0 Å². The van der Waals surface area contributed by atoms with Gasteiger partial charge in [-0.15, -0.1) is 0 Å². The molecule has 0 heterocycles. The summed E-state index contributed by atoms with van der Waals surface area (Å²) in [4.78, 5) is 23.5. The molecule has 148 valence electrons. The lowest BCUT2D eigenvalue weighted by Gasteiger charge is -2.16. The Bertz CT molecular complexity index is 863. The zero-order valence-corrected chi connectivity index (χ0v) is 15.8. The van der Waals surface area contributed by atoms with Crippen molar-refractivity contribution in [3.8, 4) is 5.75 Å². The van der Waals surface area contributed by atoms with Crippen molar-refractivity contribution in [2.24, 2.45) is 5.92 Å². The highest BCUT2D eigenvalue weighted by Gasteiger charge is 2.22. The number of rotatable bonds is 9. The van der Waals surface area contributed by atoms with E-state index in [0.717, 1.165) is 12.8 Å². The van der Waals surface area contributed by atoms with Crippen molar-refractivity contribution in [3.63, 3.8) is 0 Å². The smallest absolute Gasteiger partial charge is 0.335 e. The summed E-state index contributed by atoms with van der Waals surface area (Å²) < 4.78 is 19.7. The summed E-state index contributed by atoms with van der Waals surface area (Å²) in [6.45, 7) is 2.32. The van der Waals surface area contributed by atoms with Crippen molar-refractivity contribution >= 4 is 11.9 Å². The fraction of sp³-hybridized carbons (Fsp3) is 0.364. The van der Waals surface area contributed by atoms with Crippen LogP contribution < -0.4 is 10.1 Å². The summed E-state index contributed by atoms with van der Waals surface area (Å²) in [6, 6.07) is 11.0. The third-order valence-electron chi connectivity index (χ3n) is 4.87. The third kappa shape index (κ3) is 5.31. The molecule has 5 nitrogen and oxygen atoms in total. The lowest BCUT2D eigenvalue weighted by atomic mass is 10.0. The number of aromatic carboxylic acids is 1. The molecule has 1 aliphatic carbocycles. The molecular formula is C22H24FNO4. The van der Waals surface area contributed by atoms with Gasteiger partial charge in [-0.2, -0.15) is 0 Å². The van der Waals surface area contributed by atoms with Crippen LogP contribution in [0.15, 0.2) is 42.5 Å². The van der Waals surface area contributed by atoms with Crippen molar-refractivity contribution in [1.82, 2.24) is 5.32 Å². The Kier molecular flexibility index (Phi) is 6.29. The van der Waals surface area contributed by atoms with Crippen LogP contribution in [0, 0.1) is 11.7 Å². The van der Waals surface area contributed by atoms with E-state index in [-0.39, 0.29) is 29.7 Å². The van der Waals surface area contributed by atoms with E-state index in [2.05, 4.69) is 5.32 Å². The molecule has 1 unspecified atom stereocenters. The molecule has 1 atom stereocenters. The van der Waals surface area contributed by atoms with Gasteiger partial charge in [0.15, 0.2) is 11.6 Å². The lowest BCUT2D eigenvalue weighted by Crippen LogP contribution is -2.27. The number of aryl methyl sites for hydroxylation is 1. The van der Waals surface area contributed by atoms with Crippen LogP contribution in [-0.2, 0) is 11.2 Å². The van der Waals surface area contributed by atoms with E-state index in [4.69, 9.17) is 4.74 Å². The van der Waals surface area contributed by atoms with E-state index >= 15 is 0 Å². The van der Waals surface area contributed by atoms with Gasteiger partial charge >= 0.3 is 5.97 Å². The third-order valence-corrected chi connectivity index (χ3v) is 4.87. The predicted molar refractivity (Wildman–Crippen MR) is 103 cm³/mol. The first kappa shape index (κ1) is 19.9. The Labute approximate surface area is 163 Å². The number of carboxylic acids is 1. The highest BCUT2D eigenvalue weighted by Crippen LogP contribution is 2.30. The van der Waals surface area contributed by atoms with Crippen LogP contribution in [0.1, 0.15) is 53.7 Å². The fourth-order valence-corrected chi connectivity index (χ4v) is 2.99. The minimum Gasteiger partial charge on any atom is -0.490 e. The molecular weight excluding hydrogens is 361 g/mol. The molecule has 1 amide bonds. The first-order chi connectivity index (χ1) is 13.4. The zero-order chi connectivity index (χ0) is 20.1. The van der Waals surface area contributed by atoms with Crippen LogP contribution in [0.5, 0.6) is 5.75 Å². The number of carboxylic acid groups (broad SMARTS) is 1. The zero-order valence-electron chi connectivity index (χ0n) is 15.8. The monoisotopic (exact) mass is 385 g/mol. The van der Waals surface area contributed by atoms with Crippen molar-refractivity contribution in [1.29, 1.82) is 0 Å². The molecule has 0 aromatic heterocycles. The molecule has 1 fully saturated rings. The Hall–Kier alpha value is -2.89. The molecule has 1 aliphatic rings. The Morgan fingerprint density at radius 2 is 2.00 bits per heavy atom. The maximum Gasteiger partial charge on any atom is 0.335 e. The number of hydrogen-bond donors (Lipinski definition) is 2. The van der Waals surface area contributed by atoms with Gasteiger partial charge in [-0.3, -0.25) is 4.79 Å². The maximum atomic E-state index is 14.2. The number of nitrogens with one attached hydrogen (secondary N) is 1. The van der Waals surface area contributed by atoms with E-state index < -0.39 is 11.8 Å². The number of hydrogen-bond acceptors (Lipinski definition) is 3. The van der Waals surface area contributed by atoms with Crippen LogP contribution >= 0.6 is 0 Å². The van der Waals surface area contributed by atoms with Crippen LogP contribution in [-0.4, -0.2) is 23.6 Å². The summed E-state index contributed by atoms with van der Waals surface area (Å²) in [5.74, 6) is -0.886. The second-order valence-corrected chi connectivity index (χ2v) is 7.20. The van der Waals surface area contributed by atoms with E-state index in [1.807, 2.05) is 0 Å². The minimum absolute atomic E-state index is 0.152. The van der Waals surface area contributed by atoms with Gasteiger partial charge in [0.2, 0.25) is 5.91 Å². The summed E-state index contributed by atoms with van der Waals surface area (Å²) in [5.41, 5.74) is 1.46. The topological polar surface area (TPSA) is 75.6 Å². The molecule has 2 aromatic carbocycles. The Balaban J connectivity index is 1.53. The fourth-order valence-electron chi connectivity index (χ4n) is 2.99. The summed E-state index contributed by atoms with van der Waals surface area (Å²) in [7, 11) is 0. The molecule has 0 radical (unpaired) electrons. The van der Waals surface area contributed by atoms with Gasteiger partial charge < -0.3 is 15.2 Å². The van der Waals surface area contributed by atoms with E-state index in [9.17, 15) is 19.1 Å². The van der Waals surface area contributed by atoms with Gasteiger partial charge in [-0.25, -0.2) is 9.18 Å². The van der Waals surface area contributed by atoms with Gasteiger partial charge in [0, 0.05) is 6.42 Å². The van der Waals surface area contributed by atoms with E-state index in [0.29, 0.717) is 30.1 Å². The summed E-state index contributed by atoms with van der Waals surface area (Å²) >= 11 is 0. The second kappa shape index (κ2) is 8.87. The van der Waals surface area contributed by atoms with E-state index in [1.54, 1.807) is 37.3 Å². The highest BCUT2D eigenvalue weighted by molar-refractivity contribution is 5.89. The summed E-state index contributed by atoms with van der Waals surface area (Å²) in [6.07, 6.45) is 2.75. The number of ether oxygens (including phenoxy) is 1. The highest BCUT2D eigenvalue weighted by atomic mass is 19.1. The molecule has 2 N–H and O–H groups in total. The largest absolute Gasteiger partial charge is 0.490 e. The van der Waals surface area contributed by atoms with Crippen molar-refractivity contribution in [3.05, 3.63) is 65.0 Å². The number of amides is 1. The standard InChI is InChI=1S/C22H24FNO4/c1-14(17-8-10-20(19(23)12-17)28-13-15-6-7-15)24-21(25)11-9-16-4-2-3-5-18(16)22(26)27/h2-5,8,10,12,14-15H,6-7,9,11,13H2,1H3,(H,24,25)(H,26,27). The average molecular weight is 385 g/mol. The summed E-state index contributed by atoms with van der Waals surface area (Å²) in [5, 5.41) is 12.0. The molecule has 3 rings (SSSR count). The molecule has 0 spiro atoms. The molecule has 2 aromatic rings. The normalized spacial score (nSPS) is 14.4. The van der Waals surface area contributed by atoms with Crippen LogP contribution in [0.3, 0.4) is 0 Å². The van der Waals surface area contributed by atoms with Crippen molar-refractivity contribution in [2.45, 2.75) is 38.6 Å². The lowest BCUT2D eigenvalue weighted by molar-refractivity contribution is -0.121. The van der Waals surface area contributed by atoms with Gasteiger partial charge in [0.1, 0.15) is 0 Å². The molecule has 28 heavy (non-hydrogen) atoms. The number of carbonyl (C=O) groups is 2. The minimum atomic E-state index is -1.01. The molecule has 0 saturated heterocycles. The van der Waals surface area contributed by atoms with Gasteiger partial charge in [0.05, 0.1) is 18.2 Å². The maximum absolute atomic E-state index is 14.2. The van der Waals surface area contributed by atoms with Crippen LogP contribution in [0.2, 0.25) is 0 Å². The molecule has 1 saturated carbocycles. The first-order valence-electron chi connectivity index (χ1n) is 9.47. The quantitative estimate of drug-likeness (QED) is 0.681. The molecule has 0 aliphatic heterocycles. The molecule has 0 bridgehead atoms. The van der Waals surface area contributed by atoms with E-state index in [1.165, 1.54) is 12.1 Å². The number of benzene rings is 2. The number of halogens is 1. The second-order valence-electron chi connectivity index (χ2n) is 7.20. The SMILES string of the molecule is CC(NC(=O)CCc1ccccc1C(=O)O)c1ccc(OCC2CC2)c(F)c1. The van der Waals surface area contributed by atoms with Crippen LogP contribution in [0.4, 0.5) is 4.39 Å². The van der Waals surface area contributed by atoms with Crippen molar-refractivity contribution in [2.75, 3.05) is 6.61 Å². The molecule has 6 heteroatoms. The number of carbonyl (C=O) groups excluding carboxylic acids is 1. The van der Waals surface area contributed by atoms with Gasteiger partial charge in [-0.05, 0) is 61.4 Å². The van der Waals surface area contributed by atoms with Gasteiger partial charge in [-0.1, -0.05) is 24.3 Å². The first-order valence-corrected chi connectivity index (χ1v) is 9.47. The predicted octanol–water partition coefficient (Wildman–Crippen LogP) is 4.12. The Morgan fingerprint density at radius 1 is 1.25 bits per heavy atom. The van der Waals surface area contributed by atoms with Crippen molar-refractivity contribution < 1.29 is 23.8 Å². The average Bonchev–Trinajstić information content (AvgIpc) is 3.50. The Morgan fingerprint density at radius 3 is 2.68 bits per heavy atom.